The van der Waals surface area contributed by atoms with Gasteiger partial charge in [-0.05, 0) is 25.1 Å². The highest BCUT2D eigenvalue weighted by Crippen LogP contribution is 2.38. The van der Waals surface area contributed by atoms with E-state index in [4.69, 9.17) is 5.26 Å². The molecule has 2 aromatic rings. The molecule has 0 fully saturated rings. The van der Waals surface area contributed by atoms with Crippen LogP contribution in [-0.4, -0.2) is 10.2 Å². The van der Waals surface area contributed by atoms with E-state index in [0.29, 0.717) is 4.90 Å². The Hall–Kier alpha value is -2.12. The van der Waals surface area contributed by atoms with Gasteiger partial charge in [-0.1, -0.05) is 29.5 Å². The lowest BCUT2D eigenvalue weighted by molar-refractivity contribution is 0.447. The van der Waals surface area contributed by atoms with Crippen LogP contribution in [0.1, 0.15) is 11.1 Å². The standard InChI is InChI=1S/C14H11NO2S/c1-9-2-4-12(5-3-9)18-13-7-11(16)6-10(8-15)14(13)17/h2-7,16-17H,1H3. The van der Waals surface area contributed by atoms with Crippen LogP contribution in [0.2, 0.25) is 0 Å². The lowest BCUT2D eigenvalue weighted by Crippen LogP contribution is -1.82. The highest BCUT2D eigenvalue weighted by Gasteiger charge is 2.10. The molecule has 3 nitrogen and oxygen atoms in total. The molecular weight excluding hydrogens is 246 g/mol. The Morgan fingerprint density at radius 3 is 2.39 bits per heavy atom. The van der Waals surface area contributed by atoms with Crippen LogP contribution in [-0.2, 0) is 0 Å². The molecule has 0 heterocycles. The van der Waals surface area contributed by atoms with Crippen LogP contribution in [0.3, 0.4) is 0 Å². The van der Waals surface area contributed by atoms with Crippen molar-refractivity contribution in [2.24, 2.45) is 0 Å². The quantitative estimate of drug-likeness (QED) is 0.809. The minimum absolute atomic E-state index is 0.0287. The fourth-order valence-electron chi connectivity index (χ4n) is 1.49. The van der Waals surface area contributed by atoms with Crippen molar-refractivity contribution < 1.29 is 10.2 Å². The van der Waals surface area contributed by atoms with E-state index in [0.717, 1.165) is 10.5 Å². The van der Waals surface area contributed by atoms with Crippen LogP contribution in [0, 0.1) is 18.3 Å². The minimum atomic E-state index is -0.0964. The highest BCUT2D eigenvalue weighted by molar-refractivity contribution is 7.99. The van der Waals surface area contributed by atoms with Crippen molar-refractivity contribution in [3.63, 3.8) is 0 Å². The smallest absolute Gasteiger partial charge is 0.147 e. The van der Waals surface area contributed by atoms with Crippen molar-refractivity contribution in [3.8, 4) is 17.6 Å². The zero-order valence-corrected chi connectivity index (χ0v) is 10.5. The molecule has 0 unspecified atom stereocenters. The number of phenolic OH excluding ortho intramolecular Hbond substituents is 2. The number of phenols is 2. The minimum Gasteiger partial charge on any atom is -0.508 e. The van der Waals surface area contributed by atoms with Gasteiger partial charge in [0.25, 0.3) is 0 Å². The Morgan fingerprint density at radius 2 is 1.78 bits per heavy atom. The summed E-state index contributed by atoms with van der Waals surface area (Å²) in [5, 5.41) is 28.2. The molecule has 0 aliphatic rings. The molecule has 2 aromatic carbocycles. The molecule has 18 heavy (non-hydrogen) atoms. The van der Waals surface area contributed by atoms with Gasteiger partial charge in [0.05, 0.1) is 10.5 Å². The van der Waals surface area contributed by atoms with Crippen LogP contribution >= 0.6 is 11.8 Å². The number of hydrogen-bond acceptors (Lipinski definition) is 4. The number of aromatic hydroxyl groups is 2. The summed E-state index contributed by atoms with van der Waals surface area (Å²) >= 11 is 1.31. The van der Waals surface area contributed by atoms with Gasteiger partial charge in [-0.2, -0.15) is 5.26 Å². The summed E-state index contributed by atoms with van der Waals surface area (Å²) in [7, 11) is 0. The van der Waals surface area contributed by atoms with Crippen molar-refractivity contribution in [1.29, 1.82) is 5.26 Å². The van der Waals surface area contributed by atoms with E-state index in [1.165, 1.54) is 23.9 Å². The monoisotopic (exact) mass is 257 g/mol. The topological polar surface area (TPSA) is 64.2 Å². The maximum Gasteiger partial charge on any atom is 0.147 e. The largest absolute Gasteiger partial charge is 0.508 e. The third-order valence-electron chi connectivity index (χ3n) is 2.43. The predicted octanol–water partition coefficient (Wildman–Crippen LogP) is 3.43. The molecule has 4 heteroatoms. The maximum atomic E-state index is 9.87. The SMILES string of the molecule is Cc1ccc(Sc2cc(O)cc(C#N)c2O)cc1. The first kappa shape index (κ1) is 12.3. The van der Waals surface area contributed by atoms with E-state index in [2.05, 4.69) is 0 Å². The first-order valence-corrected chi connectivity index (χ1v) is 6.12. The zero-order valence-electron chi connectivity index (χ0n) is 9.71. The summed E-state index contributed by atoms with van der Waals surface area (Å²) in [5.41, 5.74) is 1.22. The summed E-state index contributed by atoms with van der Waals surface area (Å²) in [5.74, 6) is -0.125. The van der Waals surface area contributed by atoms with Crippen molar-refractivity contribution >= 4 is 11.8 Å². The first-order valence-electron chi connectivity index (χ1n) is 5.31. The molecule has 0 bridgehead atoms. The highest BCUT2D eigenvalue weighted by atomic mass is 32.2. The fraction of sp³-hybridized carbons (Fsp3) is 0.0714. The molecule has 2 rings (SSSR count). The van der Waals surface area contributed by atoms with Crippen LogP contribution in [0.25, 0.3) is 0 Å². The van der Waals surface area contributed by atoms with Gasteiger partial charge in [-0.25, -0.2) is 0 Å². The molecule has 90 valence electrons. The molecule has 0 atom stereocenters. The number of nitrogens with zero attached hydrogens (tertiary/aromatic N) is 1. The number of rotatable bonds is 2. The summed E-state index contributed by atoms with van der Waals surface area (Å²) < 4.78 is 0. The van der Waals surface area contributed by atoms with Gasteiger partial charge in [-0.15, -0.1) is 0 Å². The molecule has 0 amide bonds. The van der Waals surface area contributed by atoms with Gasteiger partial charge in [-0.3, -0.25) is 0 Å². The lowest BCUT2D eigenvalue weighted by Gasteiger charge is -2.07. The fourth-order valence-corrected chi connectivity index (χ4v) is 2.40. The number of aryl methyl sites for hydroxylation is 1. The van der Waals surface area contributed by atoms with Crippen LogP contribution in [0.4, 0.5) is 0 Å². The van der Waals surface area contributed by atoms with Crippen molar-refractivity contribution in [1.82, 2.24) is 0 Å². The third-order valence-corrected chi connectivity index (χ3v) is 3.47. The molecule has 2 N–H and O–H groups in total. The van der Waals surface area contributed by atoms with Crippen molar-refractivity contribution in [3.05, 3.63) is 47.5 Å². The van der Waals surface area contributed by atoms with E-state index in [1.54, 1.807) is 0 Å². The third kappa shape index (κ3) is 2.58. The Balaban J connectivity index is 2.37. The number of nitriles is 1. The van der Waals surface area contributed by atoms with Crippen molar-refractivity contribution in [2.75, 3.05) is 0 Å². The Labute approximate surface area is 109 Å². The molecule has 0 aliphatic heterocycles. The van der Waals surface area contributed by atoms with Gasteiger partial charge in [0.2, 0.25) is 0 Å². The molecule has 0 aromatic heterocycles. The second-order valence-electron chi connectivity index (χ2n) is 3.87. The molecule has 0 radical (unpaired) electrons. The van der Waals surface area contributed by atoms with E-state index in [-0.39, 0.29) is 17.1 Å². The van der Waals surface area contributed by atoms with Crippen molar-refractivity contribution in [2.45, 2.75) is 16.7 Å². The summed E-state index contributed by atoms with van der Waals surface area (Å²) in [6.45, 7) is 1.99. The van der Waals surface area contributed by atoms with Gasteiger partial charge in [0.15, 0.2) is 0 Å². The summed E-state index contributed by atoms with van der Waals surface area (Å²) in [6.07, 6.45) is 0. The van der Waals surface area contributed by atoms with Crippen LogP contribution in [0.15, 0.2) is 46.2 Å². The predicted molar refractivity (Wildman–Crippen MR) is 69.8 cm³/mol. The molecule has 0 saturated carbocycles. The maximum absolute atomic E-state index is 9.87. The summed E-state index contributed by atoms with van der Waals surface area (Å²) in [4.78, 5) is 1.40. The number of benzene rings is 2. The molecular formula is C14H11NO2S. The van der Waals surface area contributed by atoms with Gasteiger partial charge >= 0.3 is 0 Å². The van der Waals surface area contributed by atoms with E-state index < -0.39 is 0 Å². The van der Waals surface area contributed by atoms with E-state index in [1.807, 2.05) is 37.3 Å². The average molecular weight is 257 g/mol. The van der Waals surface area contributed by atoms with Gasteiger partial charge in [0, 0.05) is 11.0 Å². The lowest BCUT2D eigenvalue weighted by atomic mass is 10.2. The first-order chi connectivity index (χ1) is 8.60. The second kappa shape index (κ2) is 5.03. The Kier molecular flexibility index (Phi) is 3.45. The average Bonchev–Trinajstić information content (AvgIpc) is 2.36. The van der Waals surface area contributed by atoms with Gasteiger partial charge < -0.3 is 10.2 Å². The molecule has 0 aliphatic carbocycles. The van der Waals surface area contributed by atoms with Crippen LogP contribution < -0.4 is 0 Å². The van der Waals surface area contributed by atoms with E-state index in [9.17, 15) is 10.2 Å². The number of hydrogen-bond donors (Lipinski definition) is 2. The van der Waals surface area contributed by atoms with Crippen LogP contribution in [0.5, 0.6) is 11.5 Å². The van der Waals surface area contributed by atoms with Gasteiger partial charge in [0.1, 0.15) is 17.6 Å². The second-order valence-corrected chi connectivity index (χ2v) is 4.98. The summed E-state index contributed by atoms with van der Waals surface area (Å²) in [6, 6.07) is 12.3. The normalized spacial score (nSPS) is 10.0. The Bertz CT molecular complexity index is 615. The zero-order chi connectivity index (χ0) is 13.1. The Morgan fingerprint density at radius 1 is 1.11 bits per heavy atom. The van der Waals surface area contributed by atoms with E-state index >= 15 is 0 Å². The molecule has 0 saturated heterocycles. The molecule has 0 spiro atoms.